The van der Waals surface area contributed by atoms with Gasteiger partial charge in [-0.2, -0.15) is 0 Å². The Hall–Kier alpha value is -1.17. The third-order valence-electron chi connectivity index (χ3n) is 3.38. The Kier molecular flexibility index (Phi) is 4.39. The predicted molar refractivity (Wildman–Crippen MR) is 73.4 cm³/mol. The van der Waals surface area contributed by atoms with Crippen LogP contribution in [0.25, 0.3) is 0 Å². The van der Waals surface area contributed by atoms with Crippen molar-refractivity contribution in [3.63, 3.8) is 0 Å². The first-order valence-corrected chi connectivity index (χ1v) is 6.65. The SMILES string of the molecule is CC1(OCc2ccc(Cl)cc2[N+](=O)[O-])CCCNC1. The zero-order valence-electron chi connectivity index (χ0n) is 10.8. The van der Waals surface area contributed by atoms with Crippen molar-refractivity contribution in [1.82, 2.24) is 5.32 Å². The fourth-order valence-electron chi connectivity index (χ4n) is 2.23. The molecule has 19 heavy (non-hydrogen) atoms. The summed E-state index contributed by atoms with van der Waals surface area (Å²) in [6, 6.07) is 4.66. The van der Waals surface area contributed by atoms with Crippen molar-refractivity contribution in [3.05, 3.63) is 38.9 Å². The molecule has 0 spiro atoms. The standard InChI is InChI=1S/C13H17ClN2O3/c1-13(5-2-6-15-9-13)19-8-10-3-4-11(14)7-12(10)16(17)18/h3-4,7,15H,2,5-6,8-9H2,1H3. The first-order chi connectivity index (χ1) is 9.00. The molecule has 5 nitrogen and oxygen atoms in total. The second-order valence-electron chi connectivity index (χ2n) is 5.05. The quantitative estimate of drug-likeness (QED) is 0.682. The van der Waals surface area contributed by atoms with E-state index in [1.807, 2.05) is 6.92 Å². The number of rotatable bonds is 4. The zero-order valence-corrected chi connectivity index (χ0v) is 11.6. The molecule has 0 aromatic heterocycles. The first-order valence-electron chi connectivity index (χ1n) is 6.28. The van der Waals surface area contributed by atoms with E-state index in [2.05, 4.69) is 5.32 Å². The van der Waals surface area contributed by atoms with Crippen LogP contribution >= 0.6 is 11.6 Å². The van der Waals surface area contributed by atoms with Gasteiger partial charge in [-0.1, -0.05) is 11.6 Å². The second-order valence-corrected chi connectivity index (χ2v) is 5.49. The number of piperidine rings is 1. The van der Waals surface area contributed by atoms with Gasteiger partial charge in [0.25, 0.3) is 5.69 Å². The lowest BCUT2D eigenvalue weighted by molar-refractivity contribution is -0.386. The number of benzene rings is 1. The average molecular weight is 285 g/mol. The van der Waals surface area contributed by atoms with Crippen molar-refractivity contribution >= 4 is 17.3 Å². The maximum atomic E-state index is 11.0. The van der Waals surface area contributed by atoms with E-state index in [0.29, 0.717) is 10.6 Å². The summed E-state index contributed by atoms with van der Waals surface area (Å²) in [5.74, 6) is 0. The Labute approximate surface area is 117 Å². The number of hydrogen-bond acceptors (Lipinski definition) is 4. The highest BCUT2D eigenvalue weighted by Gasteiger charge is 2.28. The number of ether oxygens (including phenoxy) is 1. The fourth-order valence-corrected chi connectivity index (χ4v) is 2.40. The Morgan fingerprint density at radius 2 is 2.37 bits per heavy atom. The molecule has 0 bridgehead atoms. The van der Waals surface area contributed by atoms with E-state index in [1.165, 1.54) is 6.07 Å². The summed E-state index contributed by atoms with van der Waals surface area (Å²) in [5.41, 5.74) is 0.312. The first kappa shape index (κ1) is 14.2. The Balaban J connectivity index is 2.08. The maximum Gasteiger partial charge on any atom is 0.276 e. The molecule has 1 atom stereocenters. The van der Waals surface area contributed by atoms with Crippen molar-refractivity contribution in [2.24, 2.45) is 0 Å². The summed E-state index contributed by atoms with van der Waals surface area (Å²) in [5, 5.41) is 14.6. The van der Waals surface area contributed by atoms with E-state index in [9.17, 15) is 10.1 Å². The smallest absolute Gasteiger partial charge is 0.276 e. The number of nitrogens with one attached hydrogen (secondary N) is 1. The molecule has 6 heteroatoms. The van der Waals surface area contributed by atoms with Crippen LogP contribution in [0.2, 0.25) is 5.02 Å². The van der Waals surface area contributed by atoms with Crippen LogP contribution in [0.1, 0.15) is 25.3 Å². The summed E-state index contributed by atoms with van der Waals surface area (Å²) >= 11 is 5.78. The molecule has 1 aromatic rings. The van der Waals surface area contributed by atoms with Crippen molar-refractivity contribution in [2.75, 3.05) is 13.1 Å². The fraction of sp³-hybridized carbons (Fsp3) is 0.538. The molecule has 0 radical (unpaired) electrons. The van der Waals surface area contributed by atoms with E-state index in [-0.39, 0.29) is 17.9 Å². The van der Waals surface area contributed by atoms with Gasteiger partial charge in [0.15, 0.2) is 0 Å². The highest BCUT2D eigenvalue weighted by molar-refractivity contribution is 6.30. The largest absolute Gasteiger partial charge is 0.369 e. The molecule has 0 saturated carbocycles. The van der Waals surface area contributed by atoms with Crippen LogP contribution in [0.3, 0.4) is 0 Å². The zero-order chi connectivity index (χ0) is 13.9. The molecule has 1 saturated heterocycles. The molecule has 2 rings (SSSR count). The lowest BCUT2D eigenvalue weighted by Crippen LogP contribution is -2.45. The van der Waals surface area contributed by atoms with Crippen LogP contribution < -0.4 is 5.32 Å². The van der Waals surface area contributed by atoms with Gasteiger partial charge in [-0.25, -0.2) is 0 Å². The molecular formula is C13H17ClN2O3. The maximum absolute atomic E-state index is 11.0. The highest BCUT2D eigenvalue weighted by atomic mass is 35.5. The lowest BCUT2D eigenvalue weighted by Gasteiger charge is -2.34. The lowest BCUT2D eigenvalue weighted by atomic mass is 9.96. The second kappa shape index (κ2) is 5.86. The average Bonchev–Trinajstić information content (AvgIpc) is 2.38. The van der Waals surface area contributed by atoms with Gasteiger partial charge in [0, 0.05) is 17.6 Å². The van der Waals surface area contributed by atoms with Crippen molar-refractivity contribution in [3.8, 4) is 0 Å². The molecule has 1 fully saturated rings. The van der Waals surface area contributed by atoms with Gasteiger partial charge >= 0.3 is 0 Å². The van der Waals surface area contributed by atoms with Gasteiger partial charge in [0.05, 0.1) is 22.7 Å². The molecule has 104 valence electrons. The van der Waals surface area contributed by atoms with Gasteiger partial charge in [0.1, 0.15) is 0 Å². The predicted octanol–water partition coefficient (Wildman–Crippen LogP) is 2.91. The Bertz CT molecular complexity index is 473. The topological polar surface area (TPSA) is 64.4 Å². The van der Waals surface area contributed by atoms with E-state index in [1.54, 1.807) is 12.1 Å². The van der Waals surface area contributed by atoms with Gasteiger partial charge < -0.3 is 10.1 Å². The number of hydrogen-bond donors (Lipinski definition) is 1. The number of nitro benzene ring substituents is 1. The number of nitrogens with zero attached hydrogens (tertiary/aromatic N) is 1. The van der Waals surface area contributed by atoms with Crippen molar-refractivity contribution < 1.29 is 9.66 Å². The normalized spacial score (nSPS) is 23.3. The molecule has 1 aromatic carbocycles. The Morgan fingerprint density at radius 3 is 3.00 bits per heavy atom. The van der Waals surface area contributed by atoms with Crippen molar-refractivity contribution in [2.45, 2.75) is 32.0 Å². The van der Waals surface area contributed by atoms with Crippen LogP contribution in [-0.4, -0.2) is 23.6 Å². The van der Waals surface area contributed by atoms with Crippen LogP contribution in [0.15, 0.2) is 18.2 Å². The van der Waals surface area contributed by atoms with Crippen LogP contribution in [0.5, 0.6) is 0 Å². The molecule has 1 N–H and O–H groups in total. The van der Waals surface area contributed by atoms with E-state index in [0.717, 1.165) is 25.9 Å². The van der Waals surface area contributed by atoms with Crippen LogP contribution in [-0.2, 0) is 11.3 Å². The summed E-state index contributed by atoms with van der Waals surface area (Å²) < 4.78 is 5.88. The van der Waals surface area contributed by atoms with Crippen LogP contribution in [0.4, 0.5) is 5.69 Å². The minimum atomic E-state index is -0.425. The molecular weight excluding hydrogens is 268 g/mol. The molecule has 1 aliphatic rings. The molecule has 1 heterocycles. The monoisotopic (exact) mass is 284 g/mol. The third-order valence-corrected chi connectivity index (χ3v) is 3.61. The summed E-state index contributed by atoms with van der Waals surface area (Å²) in [7, 11) is 0. The summed E-state index contributed by atoms with van der Waals surface area (Å²) in [6.45, 7) is 4.03. The summed E-state index contributed by atoms with van der Waals surface area (Å²) in [6.07, 6.45) is 2.01. The van der Waals surface area contributed by atoms with Gasteiger partial charge in [-0.05, 0) is 38.4 Å². The molecule has 0 aliphatic carbocycles. The molecule has 1 aliphatic heterocycles. The number of halogens is 1. The van der Waals surface area contributed by atoms with E-state index in [4.69, 9.17) is 16.3 Å². The van der Waals surface area contributed by atoms with Gasteiger partial charge in [-0.3, -0.25) is 10.1 Å². The van der Waals surface area contributed by atoms with Gasteiger partial charge in [0.2, 0.25) is 0 Å². The summed E-state index contributed by atoms with van der Waals surface area (Å²) in [4.78, 5) is 10.6. The molecule has 1 unspecified atom stereocenters. The minimum absolute atomic E-state index is 0.0138. The van der Waals surface area contributed by atoms with E-state index < -0.39 is 4.92 Å². The Morgan fingerprint density at radius 1 is 1.58 bits per heavy atom. The van der Waals surface area contributed by atoms with Crippen molar-refractivity contribution in [1.29, 1.82) is 0 Å². The number of nitro groups is 1. The van der Waals surface area contributed by atoms with E-state index >= 15 is 0 Å². The third kappa shape index (κ3) is 3.65. The van der Waals surface area contributed by atoms with Crippen LogP contribution in [0, 0.1) is 10.1 Å². The highest BCUT2D eigenvalue weighted by Crippen LogP contribution is 2.27. The van der Waals surface area contributed by atoms with Gasteiger partial charge in [-0.15, -0.1) is 0 Å². The minimum Gasteiger partial charge on any atom is -0.369 e. The molecule has 0 amide bonds.